The van der Waals surface area contributed by atoms with Crippen molar-refractivity contribution in [3.05, 3.63) is 46.2 Å². The molecule has 2 aromatic heterocycles. The van der Waals surface area contributed by atoms with Crippen molar-refractivity contribution in [3.8, 4) is 0 Å². The lowest BCUT2D eigenvalue weighted by atomic mass is 10.1. The highest BCUT2D eigenvalue weighted by atomic mass is 32.1. The predicted octanol–water partition coefficient (Wildman–Crippen LogP) is 2.97. The third-order valence-corrected chi connectivity index (χ3v) is 3.82. The molecular weight excluding hydrogens is 272 g/mol. The van der Waals surface area contributed by atoms with Crippen LogP contribution < -0.4 is 5.32 Å². The van der Waals surface area contributed by atoms with Crippen LogP contribution in [0.25, 0.3) is 4.96 Å². The molecule has 0 spiro atoms. The molecule has 3 rings (SSSR count). The third kappa shape index (κ3) is 2.18. The van der Waals surface area contributed by atoms with Crippen molar-refractivity contribution >= 4 is 27.9 Å². The minimum absolute atomic E-state index is 0.210. The number of imidazole rings is 1. The Morgan fingerprint density at radius 2 is 1.95 bits per heavy atom. The molecule has 2 heterocycles. The van der Waals surface area contributed by atoms with Gasteiger partial charge in [0.1, 0.15) is 11.2 Å². The van der Waals surface area contributed by atoms with Crippen molar-refractivity contribution < 1.29 is 4.79 Å². The van der Waals surface area contributed by atoms with Crippen LogP contribution in [-0.4, -0.2) is 20.5 Å². The molecule has 0 bridgehead atoms. The van der Waals surface area contributed by atoms with Crippen LogP contribution in [0.2, 0.25) is 0 Å². The summed E-state index contributed by atoms with van der Waals surface area (Å²) in [5, 5.41) is 7.00. The van der Waals surface area contributed by atoms with Crippen molar-refractivity contribution in [2.75, 3.05) is 5.32 Å². The highest BCUT2D eigenvalue weighted by Crippen LogP contribution is 2.22. The van der Waals surface area contributed by atoms with Gasteiger partial charge in [0.25, 0.3) is 5.91 Å². The van der Waals surface area contributed by atoms with Crippen LogP contribution in [0.1, 0.15) is 27.2 Å². The van der Waals surface area contributed by atoms with Crippen LogP contribution in [0.15, 0.2) is 23.8 Å². The van der Waals surface area contributed by atoms with Crippen molar-refractivity contribution in [3.63, 3.8) is 0 Å². The molecule has 3 aromatic rings. The molecule has 1 aromatic carbocycles. The molecule has 0 unspecified atom stereocenters. The van der Waals surface area contributed by atoms with Gasteiger partial charge in [-0.25, -0.2) is 9.50 Å². The Bertz CT molecular complexity index is 751. The quantitative estimate of drug-likeness (QED) is 0.788. The van der Waals surface area contributed by atoms with E-state index in [0.29, 0.717) is 10.7 Å². The van der Waals surface area contributed by atoms with Gasteiger partial charge < -0.3 is 5.32 Å². The maximum atomic E-state index is 12.3. The number of benzene rings is 1. The number of aromatic nitrogens is 3. The average molecular weight is 286 g/mol. The van der Waals surface area contributed by atoms with E-state index in [9.17, 15) is 4.79 Å². The van der Waals surface area contributed by atoms with E-state index in [4.69, 9.17) is 0 Å². The first kappa shape index (κ1) is 12.8. The monoisotopic (exact) mass is 286 g/mol. The standard InChI is InChI=1S/C14H14N4OS/c1-8-4-9(2)12(10(3)5-8)17-13(19)11-6-18-14(16-11)20-7-15-18/h4-7H,1-3H3,(H,17,19). The summed E-state index contributed by atoms with van der Waals surface area (Å²) in [6.07, 6.45) is 1.64. The Morgan fingerprint density at radius 1 is 1.25 bits per heavy atom. The van der Waals surface area contributed by atoms with Crippen LogP contribution in [-0.2, 0) is 0 Å². The van der Waals surface area contributed by atoms with Gasteiger partial charge in [-0.2, -0.15) is 5.10 Å². The van der Waals surface area contributed by atoms with Crippen molar-refractivity contribution in [2.24, 2.45) is 0 Å². The Balaban J connectivity index is 1.91. The predicted molar refractivity (Wildman–Crippen MR) is 79.5 cm³/mol. The molecule has 0 atom stereocenters. The molecule has 5 nitrogen and oxygen atoms in total. The molecule has 0 radical (unpaired) electrons. The Labute approximate surface area is 120 Å². The van der Waals surface area contributed by atoms with E-state index in [-0.39, 0.29) is 5.91 Å². The normalized spacial score (nSPS) is 10.9. The third-order valence-electron chi connectivity index (χ3n) is 3.13. The molecule has 0 aliphatic heterocycles. The smallest absolute Gasteiger partial charge is 0.276 e. The largest absolute Gasteiger partial charge is 0.320 e. The van der Waals surface area contributed by atoms with E-state index in [1.165, 1.54) is 16.9 Å². The minimum Gasteiger partial charge on any atom is -0.320 e. The van der Waals surface area contributed by atoms with Gasteiger partial charge in [0.05, 0.1) is 6.20 Å². The van der Waals surface area contributed by atoms with Gasteiger partial charge in [-0.1, -0.05) is 29.0 Å². The fraction of sp³-hybridized carbons (Fsp3) is 0.214. The topological polar surface area (TPSA) is 59.3 Å². The summed E-state index contributed by atoms with van der Waals surface area (Å²) < 4.78 is 1.61. The van der Waals surface area contributed by atoms with E-state index in [1.807, 2.05) is 20.8 Å². The number of nitrogens with zero attached hydrogens (tertiary/aromatic N) is 3. The van der Waals surface area contributed by atoms with E-state index < -0.39 is 0 Å². The number of rotatable bonds is 2. The lowest BCUT2D eigenvalue weighted by molar-refractivity contribution is 0.102. The fourth-order valence-electron chi connectivity index (χ4n) is 2.30. The number of carbonyl (C=O) groups is 1. The average Bonchev–Trinajstić information content (AvgIpc) is 2.93. The fourth-order valence-corrected chi connectivity index (χ4v) is 2.90. The molecule has 1 amide bonds. The molecule has 0 aliphatic carbocycles. The van der Waals surface area contributed by atoms with Crippen LogP contribution in [0.3, 0.4) is 0 Å². The van der Waals surface area contributed by atoms with Crippen LogP contribution in [0.5, 0.6) is 0 Å². The first-order chi connectivity index (χ1) is 9.54. The number of nitrogens with one attached hydrogen (secondary N) is 1. The van der Waals surface area contributed by atoms with Crippen molar-refractivity contribution in [2.45, 2.75) is 20.8 Å². The summed E-state index contributed by atoms with van der Waals surface area (Å²) in [7, 11) is 0. The summed E-state index contributed by atoms with van der Waals surface area (Å²) in [4.78, 5) is 17.2. The number of anilines is 1. The second-order valence-corrected chi connectivity index (χ2v) is 5.63. The highest BCUT2D eigenvalue weighted by Gasteiger charge is 2.14. The molecule has 0 aliphatic rings. The van der Waals surface area contributed by atoms with Crippen molar-refractivity contribution in [1.29, 1.82) is 0 Å². The molecule has 20 heavy (non-hydrogen) atoms. The number of fused-ring (bicyclic) bond motifs is 1. The first-order valence-electron chi connectivity index (χ1n) is 6.22. The maximum absolute atomic E-state index is 12.3. The summed E-state index contributed by atoms with van der Waals surface area (Å²) in [6, 6.07) is 4.10. The van der Waals surface area contributed by atoms with E-state index in [2.05, 4.69) is 27.5 Å². The summed E-state index contributed by atoms with van der Waals surface area (Å²) in [5.74, 6) is -0.210. The lowest BCUT2D eigenvalue weighted by Crippen LogP contribution is -2.14. The molecular formula is C14H14N4OS. The second kappa shape index (κ2) is 4.72. The SMILES string of the molecule is Cc1cc(C)c(NC(=O)c2cn3ncsc3n2)c(C)c1. The van der Waals surface area contributed by atoms with E-state index >= 15 is 0 Å². The molecule has 6 heteroatoms. The van der Waals surface area contributed by atoms with Crippen LogP contribution in [0, 0.1) is 20.8 Å². The zero-order chi connectivity index (χ0) is 14.3. The molecule has 0 fully saturated rings. The van der Waals surface area contributed by atoms with Gasteiger partial charge in [0.2, 0.25) is 4.96 Å². The van der Waals surface area contributed by atoms with Crippen LogP contribution in [0.4, 0.5) is 5.69 Å². The van der Waals surface area contributed by atoms with Crippen LogP contribution >= 0.6 is 11.3 Å². The Hall–Kier alpha value is -2.21. The summed E-state index contributed by atoms with van der Waals surface area (Å²) in [6.45, 7) is 6.02. The zero-order valence-corrected chi connectivity index (χ0v) is 12.3. The van der Waals surface area contributed by atoms with Gasteiger partial charge in [-0.05, 0) is 31.9 Å². The highest BCUT2D eigenvalue weighted by molar-refractivity contribution is 7.14. The molecule has 102 valence electrons. The lowest BCUT2D eigenvalue weighted by Gasteiger charge is -2.11. The Kier molecular flexibility index (Phi) is 3.02. The van der Waals surface area contributed by atoms with Gasteiger partial charge in [0, 0.05) is 5.69 Å². The van der Waals surface area contributed by atoms with Crippen molar-refractivity contribution in [1.82, 2.24) is 14.6 Å². The number of carbonyl (C=O) groups excluding carboxylic acids is 1. The first-order valence-corrected chi connectivity index (χ1v) is 7.10. The molecule has 1 N–H and O–H groups in total. The zero-order valence-electron chi connectivity index (χ0n) is 11.5. The molecule has 0 saturated heterocycles. The molecule has 0 saturated carbocycles. The number of amides is 1. The number of aryl methyl sites for hydroxylation is 3. The second-order valence-electron chi connectivity index (χ2n) is 4.82. The number of hydrogen-bond acceptors (Lipinski definition) is 4. The van der Waals surface area contributed by atoms with Gasteiger partial charge in [-0.3, -0.25) is 4.79 Å². The Morgan fingerprint density at radius 3 is 2.60 bits per heavy atom. The van der Waals surface area contributed by atoms with Gasteiger partial charge in [-0.15, -0.1) is 0 Å². The van der Waals surface area contributed by atoms with E-state index in [0.717, 1.165) is 16.8 Å². The van der Waals surface area contributed by atoms with Gasteiger partial charge >= 0.3 is 0 Å². The summed E-state index contributed by atoms with van der Waals surface area (Å²) in [5.41, 5.74) is 6.21. The van der Waals surface area contributed by atoms with Gasteiger partial charge in [0.15, 0.2) is 0 Å². The van der Waals surface area contributed by atoms with E-state index in [1.54, 1.807) is 16.2 Å². The minimum atomic E-state index is -0.210. The maximum Gasteiger partial charge on any atom is 0.276 e. The summed E-state index contributed by atoms with van der Waals surface area (Å²) >= 11 is 1.40. The number of hydrogen-bond donors (Lipinski definition) is 1.